The summed E-state index contributed by atoms with van der Waals surface area (Å²) in [7, 11) is 3.34. The van der Waals surface area contributed by atoms with Gasteiger partial charge in [0.15, 0.2) is 5.96 Å². The number of ether oxygens (including phenoxy) is 2. The maximum atomic E-state index is 5.53. The number of aliphatic imine (C=N–C) groups is 1. The summed E-state index contributed by atoms with van der Waals surface area (Å²) in [4.78, 5) is 4.72. The Balaban J connectivity index is 0.00000450. The van der Waals surface area contributed by atoms with E-state index in [1.165, 1.54) is 0 Å². The van der Waals surface area contributed by atoms with Gasteiger partial charge in [0.2, 0.25) is 0 Å². The van der Waals surface area contributed by atoms with Crippen LogP contribution >= 0.6 is 24.0 Å². The molecule has 2 rings (SSSR count). The van der Waals surface area contributed by atoms with E-state index in [1.807, 2.05) is 18.2 Å². The lowest BCUT2D eigenvalue weighted by Crippen LogP contribution is -2.40. The van der Waals surface area contributed by atoms with Crippen molar-refractivity contribution in [1.82, 2.24) is 25.4 Å². The van der Waals surface area contributed by atoms with Gasteiger partial charge in [-0.05, 0) is 31.5 Å². The third-order valence-electron chi connectivity index (χ3n) is 4.70. The summed E-state index contributed by atoms with van der Waals surface area (Å²) in [6, 6.07) is 5.80. The van der Waals surface area contributed by atoms with Crippen LogP contribution in [0.25, 0.3) is 0 Å². The molecule has 0 aliphatic carbocycles. The number of hydrogen-bond donors (Lipinski definition) is 2. The zero-order chi connectivity index (χ0) is 21.1. The van der Waals surface area contributed by atoms with Crippen molar-refractivity contribution >= 4 is 29.9 Å². The van der Waals surface area contributed by atoms with Crippen LogP contribution in [0.5, 0.6) is 11.5 Å². The minimum atomic E-state index is -0.00552. The maximum absolute atomic E-state index is 5.53. The molecule has 1 unspecified atom stereocenters. The lowest BCUT2D eigenvalue weighted by molar-refractivity contribution is 0.394. The summed E-state index contributed by atoms with van der Waals surface area (Å²) in [5.74, 6) is 3.38. The van der Waals surface area contributed by atoms with Gasteiger partial charge in [-0.1, -0.05) is 20.3 Å². The van der Waals surface area contributed by atoms with E-state index in [9.17, 15) is 0 Å². The molecule has 0 aliphatic heterocycles. The van der Waals surface area contributed by atoms with Crippen molar-refractivity contribution in [3.05, 3.63) is 35.9 Å². The Morgan fingerprint density at radius 3 is 2.70 bits per heavy atom. The highest BCUT2D eigenvalue weighted by Crippen LogP contribution is 2.29. The molecule has 0 fully saturated rings. The smallest absolute Gasteiger partial charge is 0.191 e. The molecule has 168 valence electrons. The second-order valence-corrected chi connectivity index (χ2v) is 6.78. The third kappa shape index (κ3) is 7.66. The van der Waals surface area contributed by atoms with E-state index in [-0.39, 0.29) is 30.0 Å². The first kappa shape index (κ1) is 26.0. The molecule has 0 saturated heterocycles. The SMILES string of the molecule is CCCCN=C(NCCn1cnnc1CC)NC(C)c1cc(OC)ccc1OC.I. The largest absolute Gasteiger partial charge is 0.497 e. The molecule has 0 radical (unpaired) electrons. The van der Waals surface area contributed by atoms with Gasteiger partial charge in [-0.3, -0.25) is 4.99 Å². The fourth-order valence-corrected chi connectivity index (χ4v) is 3.00. The van der Waals surface area contributed by atoms with Gasteiger partial charge in [0, 0.05) is 31.6 Å². The Morgan fingerprint density at radius 1 is 1.23 bits per heavy atom. The first-order chi connectivity index (χ1) is 14.1. The zero-order valence-corrected chi connectivity index (χ0v) is 21.0. The molecule has 0 amide bonds. The van der Waals surface area contributed by atoms with Crippen LogP contribution in [0.4, 0.5) is 0 Å². The number of aryl methyl sites for hydroxylation is 1. The fourth-order valence-electron chi connectivity index (χ4n) is 3.00. The topological polar surface area (TPSA) is 85.6 Å². The lowest BCUT2D eigenvalue weighted by atomic mass is 10.1. The van der Waals surface area contributed by atoms with Crippen LogP contribution in [-0.2, 0) is 13.0 Å². The summed E-state index contributed by atoms with van der Waals surface area (Å²) < 4.78 is 13.0. The second-order valence-electron chi connectivity index (χ2n) is 6.78. The summed E-state index contributed by atoms with van der Waals surface area (Å²) in [5.41, 5.74) is 1.02. The summed E-state index contributed by atoms with van der Waals surface area (Å²) >= 11 is 0. The number of nitrogens with one attached hydrogen (secondary N) is 2. The normalized spacial score (nSPS) is 12.1. The predicted octanol–water partition coefficient (Wildman–Crippen LogP) is 3.57. The van der Waals surface area contributed by atoms with Gasteiger partial charge in [0.1, 0.15) is 23.7 Å². The number of benzene rings is 1. The summed E-state index contributed by atoms with van der Waals surface area (Å²) in [6.07, 6.45) is 4.79. The fraction of sp³-hybridized carbons (Fsp3) is 0.571. The van der Waals surface area contributed by atoms with Crippen LogP contribution in [0, 0.1) is 0 Å². The van der Waals surface area contributed by atoms with Gasteiger partial charge in [0.25, 0.3) is 0 Å². The lowest BCUT2D eigenvalue weighted by Gasteiger charge is -2.21. The van der Waals surface area contributed by atoms with E-state index < -0.39 is 0 Å². The summed E-state index contributed by atoms with van der Waals surface area (Å²) in [5, 5.41) is 15.0. The Hall–Kier alpha value is -2.04. The van der Waals surface area contributed by atoms with E-state index >= 15 is 0 Å². The highest BCUT2D eigenvalue weighted by atomic mass is 127. The number of methoxy groups -OCH3 is 2. The van der Waals surface area contributed by atoms with Gasteiger partial charge in [-0.15, -0.1) is 34.2 Å². The van der Waals surface area contributed by atoms with Crippen molar-refractivity contribution in [2.24, 2.45) is 4.99 Å². The van der Waals surface area contributed by atoms with Crippen LogP contribution in [0.1, 0.15) is 51.0 Å². The molecule has 8 nitrogen and oxygen atoms in total. The van der Waals surface area contributed by atoms with Crippen molar-refractivity contribution in [2.45, 2.75) is 52.6 Å². The molecular formula is C21H35IN6O2. The molecule has 1 aromatic carbocycles. The van der Waals surface area contributed by atoms with Crippen LogP contribution in [0.2, 0.25) is 0 Å². The van der Waals surface area contributed by atoms with Crippen molar-refractivity contribution in [3.63, 3.8) is 0 Å². The molecule has 1 aromatic heterocycles. The van der Waals surface area contributed by atoms with Gasteiger partial charge < -0.3 is 24.7 Å². The average molecular weight is 530 g/mol. The number of hydrogen-bond acceptors (Lipinski definition) is 5. The Kier molecular flexibility index (Phi) is 12.2. The molecule has 1 heterocycles. The van der Waals surface area contributed by atoms with Crippen molar-refractivity contribution in [2.75, 3.05) is 27.3 Å². The standard InChI is InChI=1S/C21H34N6O2.HI/c1-6-8-11-22-21(23-12-13-27-15-24-26-20(27)7-2)25-16(3)18-14-17(28-4)9-10-19(18)29-5;/h9-10,14-16H,6-8,11-13H2,1-5H3,(H2,22,23,25);1H. The molecule has 0 saturated carbocycles. The van der Waals surface area contributed by atoms with Crippen LogP contribution < -0.4 is 20.1 Å². The first-order valence-electron chi connectivity index (χ1n) is 10.3. The average Bonchev–Trinajstić information content (AvgIpc) is 3.20. The predicted molar refractivity (Wildman–Crippen MR) is 131 cm³/mol. The molecule has 0 spiro atoms. The summed E-state index contributed by atoms with van der Waals surface area (Å²) in [6.45, 7) is 8.62. The van der Waals surface area contributed by atoms with E-state index in [4.69, 9.17) is 14.5 Å². The quantitative estimate of drug-likeness (QED) is 0.200. The number of aromatic nitrogens is 3. The number of rotatable bonds is 11. The van der Waals surface area contributed by atoms with Gasteiger partial charge in [-0.2, -0.15) is 0 Å². The van der Waals surface area contributed by atoms with E-state index in [2.05, 4.69) is 46.2 Å². The Morgan fingerprint density at radius 2 is 2.03 bits per heavy atom. The number of nitrogens with zero attached hydrogens (tertiary/aromatic N) is 4. The first-order valence-corrected chi connectivity index (χ1v) is 10.3. The van der Waals surface area contributed by atoms with Crippen molar-refractivity contribution in [1.29, 1.82) is 0 Å². The molecule has 9 heteroatoms. The van der Waals surface area contributed by atoms with Crippen LogP contribution in [0.15, 0.2) is 29.5 Å². The molecule has 0 aliphatic rings. The van der Waals surface area contributed by atoms with Crippen molar-refractivity contribution in [3.8, 4) is 11.5 Å². The third-order valence-corrected chi connectivity index (χ3v) is 4.70. The molecule has 30 heavy (non-hydrogen) atoms. The van der Waals surface area contributed by atoms with Gasteiger partial charge in [-0.25, -0.2) is 0 Å². The minimum Gasteiger partial charge on any atom is -0.497 e. The Bertz CT molecular complexity index is 781. The highest BCUT2D eigenvalue weighted by molar-refractivity contribution is 14.0. The molecule has 2 N–H and O–H groups in total. The monoisotopic (exact) mass is 530 g/mol. The minimum absolute atomic E-state index is 0. The molecular weight excluding hydrogens is 495 g/mol. The molecule has 2 aromatic rings. The highest BCUT2D eigenvalue weighted by Gasteiger charge is 2.14. The van der Waals surface area contributed by atoms with E-state index in [1.54, 1.807) is 20.5 Å². The maximum Gasteiger partial charge on any atom is 0.191 e. The van der Waals surface area contributed by atoms with Gasteiger partial charge in [0.05, 0.1) is 20.3 Å². The molecule has 0 bridgehead atoms. The number of unbranched alkanes of at least 4 members (excludes halogenated alkanes) is 1. The second kappa shape index (κ2) is 14.1. The molecule has 1 atom stereocenters. The van der Waals surface area contributed by atoms with Gasteiger partial charge >= 0.3 is 0 Å². The number of halogens is 1. The number of guanidine groups is 1. The van der Waals surface area contributed by atoms with Crippen LogP contribution in [-0.4, -0.2) is 48.0 Å². The van der Waals surface area contributed by atoms with E-state index in [0.717, 1.165) is 67.7 Å². The van der Waals surface area contributed by atoms with Crippen molar-refractivity contribution < 1.29 is 9.47 Å². The van der Waals surface area contributed by atoms with E-state index in [0.29, 0.717) is 0 Å². The van der Waals surface area contributed by atoms with Crippen LogP contribution in [0.3, 0.4) is 0 Å². The Labute approximate surface area is 196 Å². The zero-order valence-electron chi connectivity index (χ0n) is 18.6.